The molecule has 17 heavy (non-hydrogen) atoms. The van der Waals surface area contributed by atoms with E-state index in [1.807, 2.05) is 0 Å². The number of carbonyl (C=O) groups is 1. The van der Waals surface area contributed by atoms with Crippen LogP contribution in [0.25, 0.3) is 11.3 Å². The highest BCUT2D eigenvalue weighted by molar-refractivity contribution is 5.69. The number of aryl methyl sites for hydroxylation is 1. The predicted molar refractivity (Wildman–Crippen MR) is 59.7 cm³/mol. The molecule has 0 saturated carbocycles. The van der Waals surface area contributed by atoms with E-state index in [9.17, 15) is 9.90 Å². The maximum atomic E-state index is 10.5. The number of carboxylic acids is 1. The van der Waals surface area contributed by atoms with E-state index < -0.39 is 5.97 Å². The van der Waals surface area contributed by atoms with E-state index in [1.54, 1.807) is 31.2 Å². The molecule has 2 N–H and O–H groups in total. The molecule has 0 aliphatic rings. The highest BCUT2D eigenvalue weighted by atomic mass is 16.4. The molecule has 0 radical (unpaired) electrons. The van der Waals surface area contributed by atoms with Crippen LogP contribution in [-0.4, -0.2) is 21.2 Å². The zero-order chi connectivity index (χ0) is 12.4. The van der Waals surface area contributed by atoms with Gasteiger partial charge in [-0.05, 0) is 31.2 Å². The fourth-order valence-corrected chi connectivity index (χ4v) is 1.54. The number of hydrogen-bond acceptors (Lipinski definition) is 4. The van der Waals surface area contributed by atoms with Gasteiger partial charge in [0, 0.05) is 5.56 Å². The molecule has 0 bridgehead atoms. The van der Waals surface area contributed by atoms with Crippen molar-refractivity contribution in [3.05, 3.63) is 35.9 Å². The molecule has 0 aliphatic heterocycles. The molecule has 2 rings (SSSR count). The van der Waals surface area contributed by atoms with Crippen LogP contribution in [0.3, 0.4) is 0 Å². The van der Waals surface area contributed by atoms with Gasteiger partial charge in [0.15, 0.2) is 0 Å². The Morgan fingerprint density at radius 3 is 2.59 bits per heavy atom. The van der Waals surface area contributed by atoms with E-state index >= 15 is 0 Å². The number of nitrogens with zero attached hydrogens (tertiary/aromatic N) is 1. The lowest BCUT2D eigenvalue weighted by atomic mass is 10.1. The summed E-state index contributed by atoms with van der Waals surface area (Å²) in [6.07, 6.45) is -0.237. The summed E-state index contributed by atoms with van der Waals surface area (Å²) >= 11 is 0. The molecule has 0 aliphatic carbocycles. The Hall–Kier alpha value is -2.30. The third-order valence-electron chi connectivity index (χ3n) is 2.28. The number of aliphatic carboxylic acids is 1. The Balaban J connectivity index is 2.35. The molecule has 0 unspecified atom stereocenters. The lowest BCUT2D eigenvalue weighted by molar-refractivity contribution is -0.136. The topological polar surface area (TPSA) is 83.6 Å². The van der Waals surface area contributed by atoms with E-state index in [4.69, 9.17) is 9.52 Å². The molecule has 0 atom stereocenters. The number of hydrogen-bond donors (Lipinski definition) is 2. The van der Waals surface area contributed by atoms with Crippen LogP contribution in [0.2, 0.25) is 0 Å². The van der Waals surface area contributed by atoms with Crippen molar-refractivity contribution in [1.29, 1.82) is 0 Å². The number of rotatable bonds is 3. The molecule has 1 aromatic carbocycles. The number of phenols is 1. The number of oxazole rings is 1. The summed E-state index contributed by atoms with van der Waals surface area (Å²) in [5.41, 5.74) is 1.38. The van der Waals surface area contributed by atoms with Gasteiger partial charge in [0.1, 0.15) is 23.6 Å². The fraction of sp³-hybridized carbons (Fsp3) is 0.167. The van der Waals surface area contributed by atoms with Gasteiger partial charge in [-0.2, -0.15) is 0 Å². The molecular weight excluding hydrogens is 222 g/mol. The van der Waals surface area contributed by atoms with E-state index in [0.717, 1.165) is 5.56 Å². The van der Waals surface area contributed by atoms with Crippen molar-refractivity contribution in [2.24, 2.45) is 0 Å². The summed E-state index contributed by atoms with van der Waals surface area (Å²) in [5, 5.41) is 17.8. The Labute approximate surface area is 97.3 Å². The number of aromatic hydroxyl groups is 1. The van der Waals surface area contributed by atoms with Gasteiger partial charge in [0.05, 0.1) is 0 Å². The first kappa shape index (κ1) is 11.2. The van der Waals surface area contributed by atoms with Crippen molar-refractivity contribution in [2.75, 3.05) is 0 Å². The first-order chi connectivity index (χ1) is 8.06. The van der Waals surface area contributed by atoms with Crippen molar-refractivity contribution in [3.63, 3.8) is 0 Å². The molecule has 1 heterocycles. The van der Waals surface area contributed by atoms with Crippen LogP contribution in [0.4, 0.5) is 0 Å². The van der Waals surface area contributed by atoms with Crippen LogP contribution in [-0.2, 0) is 11.2 Å². The molecule has 88 valence electrons. The van der Waals surface area contributed by atoms with Gasteiger partial charge in [0.25, 0.3) is 0 Å². The summed E-state index contributed by atoms with van der Waals surface area (Å²) in [7, 11) is 0. The average molecular weight is 233 g/mol. The number of aromatic nitrogens is 1. The first-order valence-corrected chi connectivity index (χ1v) is 5.04. The number of phenolic OH excluding ortho intramolecular Hbond substituents is 1. The quantitative estimate of drug-likeness (QED) is 0.846. The highest BCUT2D eigenvalue weighted by Crippen LogP contribution is 2.25. The Morgan fingerprint density at radius 2 is 2.00 bits per heavy atom. The average Bonchev–Trinajstić information content (AvgIpc) is 2.59. The van der Waals surface area contributed by atoms with Gasteiger partial charge < -0.3 is 14.6 Å². The molecule has 0 fully saturated rings. The Morgan fingerprint density at radius 1 is 1.35 bits per heavy atom. The molecule has 2 aromatic rings. The lowest BCUT2D eigenvalue weighted by Gasteiger charge is -1.97. The molecule has 0 amide bonds. The van der Waals surface area contributed by atoms with Gasteiger partial charge >= 0.3 is 5.97 Å². The maximum Gasteiger partial charge on any atom is 0.312 e. The number of carboxylic acid groups (broad SMARTS) is 1. The molecule has 5 heteroatoms. The van der Waals surface area contributed by atoms with Gasteiger partial charge in [-0.3, -0.25) is 4.79 Å². The van der Waals surface area contributed by atoms with Gasteiger partial charge in [-0.1, -0.05) is 0 Å². The second-order valence-electron chi connectivity index (χ2n) is 3.63. The van der Waals surface area contributed by atoms with Gasteiger partial charge in [0.2, 0.25) is 5.89 Å². The van der Waals surface area contributed by atoms with E-state index in [2.05, 4.69) is 4.98 Å². The van der Waals surface area contributed by atoms with Crippen LogP contribution >= 0.6 is 0 Å². The molecule has 0 saturated heterocycles. The second kappa shape index (κ2) is 4.29. The Bertz CT molecular complexity index is 542. The summed E-state index contributed by atoms with van der Waals surface area (Å²) in [4.78, 5) is 14.7. The maximum absolute atomic E-state index is 10.5. The van der Waals surface area contributed by atoms with E-state index in [1.165, 1.54) is 0 Å². The standard InChI is InChI=1S/C12H11NO4/c1-7-12(8-2-4-9(14)5-3-8)13-10(17-7)6-11(15)16/h2-5,14H,6H2,1H3,(H,15,16). The molecular formula is C12H11NO4. The summed E-state index contributed by atoms with van der Waals surface area (Å²) in [6.45, 7) is 1.72. The summed E-state index contributed by atoms with van der Waals surface area (Å²) < 4.78 is 5.26. The van der Waals surface area contributed by atoms with Crippen LogP contribution < -0.4 is 0 Å². The molecule has 5 nitrogen and oxygen atoms in total. The first-order valence-electron chi connectivity index (χ1n) is 5.04. The van der Waals surface area contributed by atoms with E-state index in [0.29, 0.717) is 11.5 Å². The highest BCUT2D eigenvalue weighted by Gasteiger charge is 2.13. The minimum Gasteiger partial charge on any atom is -0.508 e. The van der Waals surface area contributed by atoms with Crippen LogP contribution in [0.1, 0.15) is 11.7 Å². The normalized spacial score (nSPS) is 10.4. The monoisotopic (exact) mass is 233 g/mol. The van der Waals surface area contributed by atoms with Crippen LogP contribution in [0, 0.1) is 6.92 Å². The third kappa shape index (κ3) is 2.44. The second-order valence-corrected chi connectivity index (χ2v) is 3.63. The third-order valence-corrected chi connectivity index (χ3v) is 2.28. The summed E-state index contributed by atoms with van der Waals surface area (Å²) in [6, 6.07) is 6.48. The minimum atomic E-state index is -0.983. The van der Waals surface area contributed by atoms with Crippen LogP contribution in [0.15, 0.2) is 28.7 Å². The predicted octanol–water partition coefficient (Wildman–Crippen LogP) is 1.98. The van der Waals surface area contributed by atoms with Gasteiger partial charge in [-0.15, -0.1) is 0 Å². The summed E-state index contributed by atoms with van der Waals surface area (Å²) in [5.74, 6) is -0.0748. The fourth-order valence-electron chi connectivity index (χ4n) is 1.54. The van der Waals surface area contributed by atoms with E-state index in [-0.39, 0.29) is 18.1 Å². The number of benzene rings is 1. The SMILES string of the molecule is Cc1oc(CC(=O)O)nc1-c1ccc(O)cc1. The van der Waals surface area contributed by atoms with Crippen molar-refractivity contribution in [1.82, 2.24) is 4.98 Å². The molecule has 1 aromatic heterocycles. The largest absolute Gasteiger partial charge is 0.508 e. The van der Waals surface area contributed by atoms with Gasteiger partial charge in [-0.25, -0.2) is 4.98 Å². The van der Waals surface area contributed by atoms with Crippen LogP contribution in [0.5, 0.6) is 5.75 Å². The zero-order valence-electron chi connectivity index (χ0n) is 9.17. The zero-order valence-corrected chi connectivity index (χ0v) is 9.17. The lowest BCUT2D eigenvalue weighted by Crippen LogP contribution is -1.99. The minimum absolute atomic E-state index is 0.167. The smallest absolute Gasteiger partial charge is 0.312 e. The van der Waals surface area contributed by atoms with Crippen molar-refractivity contribution >= 4 is 5.97 Å². The van der Waals surface area contributed by atoms with Crippen molar-refractivity contribution in [3.8, 4) is 17.0 Å². The Kier molecular flexibility index (Phi) is 2.82. The van der Waals surface area contributed by atoms with Crippen molar-refractivity contribution < 1.29 is 19.4 Å². The van der Waals surface area contributed by atoms with Crippen molar-refractivity contribution in [2.45, 2.75) is 13.3 Å². The molecule has 0 spiro atoms.